The number of primary sulfonamides is 1. The summed E-state index contributed by atoms with van der Waals surface area (Å²) in [6.45, 7) is 5.06. The second kappa shape index (κ2) is 11.2. The third-order valence-corrected chi connectivity index (χ3v) is 8.01. The Hall–Kier alpha value is -3.69. The van der Waals surface area contributed by atoms with Crippen molar-refractivity contribution in [2.45, 2.75) is 38.4 Å². The van der Waals surface area contributed by atoms with Gasteiger partial charge in [0.2, 0.25) is 15.9 Å². The van der Waals surface area contributed by atoms with Crippen molar-refractivity contribution >= 4 is 45.2 Å². The minimum atomic E-state index is -4.69. The highest BCUT2D eigenvalue weighted by molar-refractivity contribution is 7.89. The second-order valence-corrected chi connectivity index (χ2v) is 12.8. The number of nitrogens with two attached hydrogens (primary N) is 1. The van der Waals surface area contributed by atoms with Crippen molar-refractivity contribution in [3.63, 3.8) is 0 Å². The molecule has 3 N–H and O–H groups in total. The normalized spacial score (nSPS) is 15.6. The van der Waals surface area contributed by atoms with Crippen LogP contribution in [0.2, 0.25) is 5.02 Å². The van der Waals surface area contributed by atoms with Crippen molar-refractivity contribution in [3.05, 3.63) is 63.5 Å². The molecule has 42 heavy (non-hydrogen) atoms. The van der Waals surface area contributed by atoms with Crippen LogP contribution < -0.4 is 10.5 Å². The number of nitrogens with zero attached hydrogens (tertiary/aromatic N) is 3. The highest BCUT2D eigenvalue weighted by Gasteiger charge is 2.36. The van der Waals surface area contributed by atoms with Crippen LogP contribution in [0.15, 0.2) is 46.5 Å². The summed E-state index contributed by atoms with van der Waals surface area (Å²) in [7, 11) is -4.05. The van der Waals surface area contributed by atoms with E-state index in [1.165, 1.54) is 21.9 Å². The summed E-state index contributed by atoms with van der Waals surface area (Å²) in [4.78, 5) is 44.6. The van der Waals surface area contributed by atoms with Crippen LogP contribution in [0, 0.1) is 5.41 Å². The van der Waals surface area contributed by atoms with Gasteiger partial charge in [-0.2, -0.15) is 13.2 Å². The zero-order valence-corrected chi connectivity index (χ0v) is 24.3. The third-order valence-electron chi connectivity index (χ3n) is 6.62. The lowest BCUT2D eigenvalue weighted by atomic mass is 9.95. The number of sulfonamides is 1. The molecule has 3 amide bonds. The van der Waals surface area contributed by atoms with Crippen LogP contribution in [0.5, 0.6) is 0 Å². The molecule has 0 saturated heterocycles. The van der Waals surface area contributed by atoms with Gasteiger partial charge in [-0.3, -0.25) is 14.6 Å². The first-order valence-electron chi connectivity index (χ1n) is 12.5. The molecule has 11 nitrogen and oxygen atoms in total. The van der Waals surface area contributed by atoms with E-state index in [4.69, 9.17) is 21.5 Å². The number of amides is 3. The SMILES string of the molecule is CC(C)(C)C(=O)Nc1cc(C(F)(F)F)cnc1COC(=O)N1CC2=C(C1)CN(C(=O)c1ccc(S(N)(=O)=O)c(Cl)c1)C2. The number of rotatable bonds is 5. The van der Waals surface area contributed by atoms with E-state index in [0.29, 0.717) is 6.20 Å². The van der Waals surface area contributed by atoms with Gasteiger partial charge in [0.25, 0.3) is 5.91 Å². The number of carbonyl (C=O) groups is 3. The summed E-state index contributed by atoms with van der Waals surface area (Å²) in [6.07, 6.45) is -4.84. The molecule has 2 aliphatic heterocycles. The molecule has 0 unspecified atom stereocenters. The van der Waals surface area contributed by atoms with Crippen molar-refractivity contribution < 1.29 is 40.7 Å². The maximum Gasteiger partial charge on any atom is 0.417 e. The Morgan fingerprint density at radius 2 is 1.64 bits per heavy atom. The van der Waals surface area contributed by atoms with E-state index in [1.54, 1.807) is 20.8 Å². The highest BCUT2D eigenvalue weighted by atomic mass is 35.5. The molecular formula is C26H27ClF3N5O6S. The van der Waals surface area contributed by atoms with Gasteiger partial charge in [0, 0.05) is 43.4 Å². The Morgan fingerprint density at radius 3 is 2.17 bits per heavy atom. The molecule has 0 radical (unpaired) electrons. The largest absolute Gasteiger partial charge is 0.443 e. The molecule has 0 bridgehead atoms. The number of anilines is 1. The summed E-state index contributed by atoms with van der Waals surface area (Å²) >= 11 is 6.00. The van der Waals surface area contributed by atoms with E-state index in [0.717, 1.165) is 23.3 Å². The molecule has 0 saturated carbocycles. The summed E-state index contributed by atoms with van der Waals surface area (Å²) in [5, 5.41) is 7.36. The molecule has 4 rings (SSSR count). The quantitative estimate of drug-likeness (QED) is 0.477. The number of aromatic nitrogens is 1. The number of halogens is 4. The number of pyridine rings is 1. The van der Waals surface area contributed by atoms with E-state index < -0.39 is 45.8 Å². The number of hydrogen-bond acceptors (Lipinski definition) is 7. The molecule has 226 valence electrons. The predicted octanol–water partition coefficient (Wildman–Crippen LogP) is 3.79. The smallest absolute Gasteiger partial charge is 0.417 e. The fourth-order valence-electron chi connectivity index (χ4n) is 4.30. The zero-order valence-electron chi connectivity index (χ0n) is 22.7. The molecular weight excluding hydrogens is 603 g/mol. The van der Waals surface area contributed by atoms with E-state index in [-0.39, 0.29) is 58.9 Å². The van der Waals surface area contributed by atoms with Gasteiger partial charge >= 0.3 is 12.3 Å². The van der Waals surface area contributed by atoms with Crippen molar-refractivity contribution in [1.82, 2.24) is 14.8 Å². The Balaban J connectivity index is 1.37. The van der Waals surface area contributed by atoms with Gasteiger partial charge in [-0.15, -0.1) is 0 Å². The van der Waals surface area contributed by atoms with E-state index in [9.17, 15) is 36.0 Å². The number of alkyl halides is 3. The maximum absolute atomic E-state index is 13.2. The van der Waals surface area contributed by atoms with E-state index in [2.05, 4.69) is 10.3 Å². The monoisotopic (exact) mass is 629 g/mol. The van der Waals surface area contributed by atoms with Gasteiger partial charge in [-0.1, -0.05) is 32.4 Å². The molecule has 3 heterocycles. The van der Waals surface area contributed by atoms with Gasteiger partial charge in [0.05, 0.1) is 16.3 Å². The Morgan fingerprint density at radius 1 is 1.05 bits per heavy atom. The molecule has 0 aliphatic carbocycles. The van der Waals surface area contributed by atoms with Crippen molar-refractivity contribution in [1.29, 1.82) is 0 Å². The average molecular weight is 630 g/mol. The lowest BCUT2D eigenvalue weighted by Crippen LogP contribution is -2.36. The first-order valence-corrected chi connectivity index (χ1v) is 14.4. The van der Waals surface area contributed by atoms with Crippen LogP contribution >= 0.6 is 11.6 Å². The number of benzene rings is 1. The van der Waals surface area contributed by atoms with Gasteiger partial charge in [0.1, 0.15) is 17.2 Å². The first-order chi connectivity index (χ1) is 19.3. The number of nitrogens with one attached hydrogen (secondary N) is 1. The van der Waals surface area contributed by atoms with Crippen molar-refractivity contribution in [2.75, 3.05) is 31.5 Å². The first kappa shape index (κ1) is 31.3. The molecule has 1 aromatic heterocycles. The van der Waals surface area contributed by atoms with Gasteiger partial charge in [0.15, 0.2) is 0 Å². The standard InChI is InChI=1S/C26H27ClF3N5O6S/c1-25(2,3)23(37)33-19-7-17(26(28,29)30)8-32-20(19)13-41-24(38)35-11-15-9-34(10-16(15)12-35)22(36)14-4-5-21(18(27)6-14)42(31,39)40/h4-8H,9-13H2,1-3H3,(H,33,37)(H2,31,39,40). The molecule has 2 aliphatic rings. The highest BCUT2D eigenvalue weighted by Crippen LogP contribution is 2.33. The van der Waals surface area contributed by atoms with E-state index >= 15 is 0 Å². The van der Waals surface area contributed by atoms with Gasteiger partial charge in [-0.25, -0.2) is 18.4 Å². The third kappa shape index (κ3) is 6.85. The second-order valence-electron chi connectivity index (χ2n) is 10.9. The van der Waals surface area contributed by atoms with Crippen molar-refractivity contribution in [3.8, 4) is 0 Å². The minimum absolute atomic E-state index is 0.0578. The number of ether oxygens (including phenoxy) is 1. The van der Waals surface area contributed by atoms with Crippen LogP contribution in [0.1, 0.15) is 42.4 Å². The van der Waals surface area contributed by atoms with Crippen LogP contribution in [-0.2, 0) is 32.3 Å². The fraction of sp³-hybridized carbons (Fsp3) is 0.385. The predicted molar refractivity (Wildman–Crippen MR) is 145 cm³/mol. The van der Waals surface area contributed by atoms with Crippen LogP contribution in [0.25, 0.3) is 0 Å². The maximum atomic E-state index is 13.2. The Kier molecular flexibility index (Phi) is 8.32. The lowest BCUT2D eigenvalue weighted by molar-refractivity contribution is -0.137. The molecule has 0 spiro atoms. The Labute approximate surface area is 244 Å². The fourth-order valence-corrected chi connectivity index (χ4v) is 5.39. The van der Waals surface area contributed by atoms with Gasteiger partial charge < -0.3 is 19.9 Å². The van der Waals surface area contributed by atoms with Gasteiger partial charge in [-0.05, 0) is 35.4 Å². The molecule has 16 heteroatoms. The lowest BCUT2D eigenvalue weighted by Gasteiger charge is -2.23. The summed E-state index contributed by atoms with van der Waals surface area (Å²) in [6, 6.07) is 4.44. The molecule has 2 aromatic rings. The number of carbonyl (C=O) groups excluding carboxylic acids is 3. The molecule has 0 atom stereocenters. The van der Waals surface area contributed by atoms with Crippen LogP contribution in [0.3, 0.4) is 0 Å². The molecule has 0 fully saturated rings. The Bertz CT molecular complexity index is 1590. The number of hydrogen-bond donors (Lipinski definition) is 2. The summed E-state index contributed by atoms with van der Waals surface area (Å²) in [5.41, 5.74) is -0.438. The van der Waals surface area contributed by atoms with Crippen LogP contribution in [0.4, 0.5) is 23.7 Å². The van der Waals surface area contributed by atoms with Crippen molar-refractivity contribution in [2.24, 2.45) is 10.6 Å². The van der Waals surface area contributed by atoms with Crippen LogP contribution in [-0.4, -0.2) is 67.3 Å². The average Bonchev–Trinajstić information content (AvgIpc) is 3.45. The van der Waals surface area contributed by atoms with E-state index in [1.807, 2.05) is 0 Å². The molecule has 1 aromatic carbocycles. The summed E-state index contributed by atoms with van der Waals surface area (Å²) < 4.78 is 68.2. The zero-order chi connectivity index (χ0) is 31.2. The minimum Gasteiger partial charge on any atom is -0.443 e. The topological polar surface area (TPSA) is 152 Å². The summed E-state index contributed by atoms with van der Waals surface area (Å²) in [5.74, 6) is -0.933.